The Morgan fingerprint density at radius 2 is 2.07 bits per heavy atom. The third-order valence-corrected chi connectivity index (χ3v) is 6.22. The van der Waals surface area contributed by atoms with Gasteiger partial charge in [-0.3, -0.25) is 9.59 Å². The molecule has 1 fully saturated rings. The van der Waals surface area contributed by atoms with Gasteiger partial charge < -0.3 is 9.64 Å². The monoisotopic (exact) mass is 433 g/mol. The number of likely N-dealkylation sites (tertiary alicyclic amines) is 1. The summed E-state index contributed by atoms with van der Waals surface area (Å²) < 4.78 is 4.99. The van der Waals surface area contributed by atoms with Crippen LogP contribution in [0.4, 0.5) is 0 Å². The van der Waals surface area contributed by atoms with Crippen molar-refractivity contribution in [3.05, 3.63) is 47.1 Å². The molecular weight excluding hydrogens is 410 g/mol. The molecule has 0 saturated carbocycles. The number of hydrogen-bond donors (Lipinski definition) is 0. The largest absolute Gasteiger partial charge is 0.466 e. The smallest absolute Gasteiger partial charge is 0.305 e. The molecule has 1 aromatic carbocycles. The summed E-state index contributed by atoms with van der Waals surface area (Å²) in [4.78, 5) is 27.1. The standard InChI is InChI=1S/C21H24ClN3O3S/c1-2-28-20(26)12-9-15-6-5-13-25(14-15)21(27)17-10-11-19(24-23-17)29-18-8-4-3-7-16(18)22/h3-4,7-8,10-11,15H,2,5-6,9,12-14H2,1H3. The second kappa shape index (κ2) is 10.6. The van der Waals surface area contributed by atoms with Crippen LogP contribution in [-0.2, 0) is 9.53 Å². The summed E-state index contributed by atoms with van der Waals surface area (Å²) in [6.45, 7) is 3.54. The predicted molar refractivity (Wildman–Crippen MR) is 112 cm³/mol. The zero-order valence-corrected chi connectivity index (χ0v) is 17.9. The molecular formula is C21H24ClN3O3S. The third-order valence-electron chi connectivity index (χ3n) is 4.78. The number of benzene rings is 1. The third kappa shape index (κ3) is 6.18. The summed E-state index contributed by atoms with van der Waals surface area (Å²) in [6, 6.07) is 11.0. The topological polar surface area (TPSA) is 72.4 Å². The highest BCUT2D eigenvalue weighted by atomic mass is 35.5. The first-order valence-corrected chi connectivity index (χ1v) is 11.0. The number of amides is 1. The van der Waals surface area contributed by atoms with Crippen LogP contribution in [0.3, 0.4) is 0 Å². The van der Waals surface area contributed by atoms with Crippen LogP contribution in [-0.4, -0.2) is 46.7 Å². The van der Waals surface area contributed by atoms with Crippen LogP contribution in [0, 0.1) is 5.92 Å². The van der Waals surface area contributed by atoms with Gasteiger partial charge in [-0.25, -0.2) is 0 Å². The normalized spacial score (nSPS) is 16.5. The van der Waals surface area contributed by atoms with Crippen LogP contribution in [0.1, 0.15) is 43.1 Å². The van der Waals surface area contributed by atoms with E-state index in [0.29, 0.717) is 47.8 Å². The predicted octanol–water partition coefficient (Wildman–Crippen LogP) is 4.48. The van der Waals surface area contributed by atoms with Gasteiger partial charge in [0.1, 0.15) is 5.03 Å². The Morgan fingerprint density at radius 3 is 2.79 bits per heavy atom. The molecule has 0 spiro atoms. The van der Waals surface area contributed by atoms with Crippen LogP contribution >= 0.6 is 23.4 Å². The van der Waals surface area contributed by atoms with Gasteiger partial charge >= 0.3 is 5.97 Å². The van der Waals surface area contributed by atoms with E-state index in [1.54, 1.807) is 19.1 Å². The molecule has 154 valence electrons. The lowest BCUT2D eigenvalue weighted by Gasteiger charge is -2.32. The molecule has 0 bridgehead atoms. The molecule has 1 unspecified atom stereocenters. The molecule has 29 heavy (non-hydrogen) atoms. The van der Waals surface area contributed by atoms with Crippen molar-refractivity contribution in [2.24, 2.45) is 5.92 Å². The molecule has 1 aliphatic heterocycles. The number of hydrogen-bond acceptors (Lipinski definition) is 6. The van der Waals surface area contributed by atoms with Crippen molar-refractivity contribution in [1.82, 2.24) is 15.1 Å². The Kier molecular flexibility index (Phi) is 7.89. The minimum absolute atomic E-state index is 0.118. The fraction of sp³-hybridized carbons (Fsp3) is 0.429. The maximum Gasteiger partial charge on any atom is 0.305 e. The van der Waals surface area contributed by atoms with E-state index in [1.165, 1.54) is 11.8 Å². The molecule has 1 saturated heterocycles. The van der Waals surface area contributed by atoms with Gasteiger partial charge in [-0.1, -0.05) is 35.5 Å². The van der Waals surface area contributed by atoms with Crippen molar-refractivity contribution in [3.8, 4) is 0 Å². The van der Waals surface area contributed by atoms with Crippen molar-refractivity contribution >= 4 is 35.2 Å². The minimum Gasteiger partial charge on any atom is -0.466 e. The SMILES string of the molecule is CCOC(=O)CCC1CCCN(C(=O)c2ccc(Sc3ccccc3Cl)nn2)C1. The van der Waals surface area contributed by atoms with E-state index < -0.39 is 0 Å². The highest BCUT2D eigenvalue weighted by molar-refractivity contribution is 7.99. The number of rotatable bonds is 7. The summed E-state index contributed by atoms with van der Waals surface area (Å²) in [5.41, 5.74) is 0.333. The van der Waals surface area contributed by atoms with Crippen LogP contribution in [0.2, 0.25) is 5.02 Å². The summed E-state index contributed by atoms with van der Waals surface area (Å²) in [5, 5.41) is 9.64. The number of halogens is 1. The molecule has 2 heterocycles. The summed E-state index contributed by atoms with van der Waals surface area (Å²) in [7, 11) is 0. The summed E-state index contributed by atoms with van der Waals surface area (Å²) in [6.07, 6.45) is 3.07. The van der Waals surface area contributed by atoms with Gasteiger partial charge in [0.25, 0.3) is 5.91 Å². The van der Waals surface area contributed by atoms with Gasteiger partial charge in [-0.2, -0.15) is 0 Å². The zero-order valence-electron chi connectivity index (χ0n) is 16.3. The Hall–Kier alpha value is -2.12. The van der Waals surface area contributed by atoms with Gasteiger partial charge in [0.15, 0.2) is 5.69 Å². The highest BCUT2D eigenvalue weighted by Crippen LogP contribution is 2.31. The van der Waals surface area contributed by atoms with Crippen LogP contribution < -0.4 is 0 Å². The number of carbonyl (C=O) groups is 2. The summed E-state index contributed by atoms with van der Waals surface area (Å²) in [5.74, 6) is 0.0150. The first-order chi connectivity index (χ1) is 14.1. The van der Waals surface area contributed by atoms with E-state index in [9.17, 15) is 9.59 Å². The minimum atomic E-state index is -0.173. The molecule has 0 N–H and O–H groups in total. The second-order valence-corrected chi connectivity index (χ2v) is 8.36. The fourth-order valence-electron chi connectivity index (χ4n) is 3.33. The van der Waals surface area contributed by atoms with E-state index in [0.717, 1.165) is 24.2 Å². The van der Waals surface area contributed by atoms with Gasteiger partial charge in [0.05, 0.1) is 11.6 Å². The van der Waals surface area contributed by atoms with Crippen LogP contribution in [0.15, 0.2) is 46.3 Å². The Bertz CT molecular complexity index is 847. The molecule has 1 atom stereocenters. The molecule has 3 rings (SSSR count). The van der Waals surface area contributed by atoms with Gasteiger partial charge in [0, 0.05) is 24.4 Å². The average molecular weight is 434 g/mol. The number of ether oxygens (including phenoxy) is 1. The highest BCUT2D eigenvalue weighted by Gasteiger charge is 2.26. The van der Waals surface area contributed by atoms with E-state index in [1.807, 2.05) is 29.2 Å². The van der Waals surface area contributed by atoms with E-state index in [-0.39, 0.29) is 11.9 Å². The number of piperidine rings is 1. The molecule has 0 aliphatic carbocycles. The lowest BCUT2D eigenvalue weighted by molar-refractivity contribution is -0.143. The van der Waals surface area contributed by atoms with Crippen molar-refractivity contribution in [3.63, 3.8) is 0 Å². The van der Waals surface area contributed by atoms with Crippen LogP contribution in [0.25, 0.3) is 0 Å². The summed E-state index contributed by atoms with van der Waals surface area (Å²) >= 11 is 7.58. The lowest BCUT2D eigenvalue weighted by Crippen LogP contribution is -2.40. The Balaban J connectivity index is 1.56. The van der Waals surface area contributed by atoms with E-state index in [4.69, 9.17) is 16.3 Å². The van der Waals surface area contributed by atoms with Gasteiger partial charge in [-0.15, -0.1) is 10.2 Å². The van der Waals surface area contributed by atoms with Crippen molar-refractivity contribution in [1.29, 1.82) is 0 Å². The van der Waals surface area contributed by atoms with Crippen molar-refractivity contribution in [2.75, 3.05) is 19.7 Å². The van der Waals surface area contributed by atoms with E-state index >= 15 is 0 Å². The lowest BCUT2D eigenvalue weighted by atomic mass is 9.93. The zero-order chi connectivity index (χ0) is 20.6. The van der Waals surface area contributed by atoms with Gasteiger partial charge in [0.2, 0.25) is 0 Å². The van der Waals surface area contributed by atoms with Gasteiger partial charge in [-0.05, 0) is 56.4 Å². The first-order valence-electron chi connectivity index (χ1n) is 9.77. The average Bonchev–Trinajstić information content (AvgIpc) is 2.74. The molecule has 0 radical (unpaired) electrons. The number of carbonyl (C=O) groups excluding carboxylic acids is 2. The van der Waals surface area contributed by atoms with E-state index in [2.05, 4.69) is 10.2 Å². The van der Waals surface area contributed by atoms with Crippen molar-refractivity contribution < 1.29 is 14.3 Å². The number of nitrogens with zero attached hydrogens (tertiary/aromatic N) is 3. The van der Waals surface area contributed by atoms with Crippen LogP contribution in [0.5, 0.6) is 0 Å². The Labute approximate surface area is 180 Å². The maximum atomic E-state index is 12.8. The second-order valence-electron chi connectivity index (χ2n) is 6.89. The van der Waals surface area contributed by atoms with Crippen molar-refractivity contribution in [2.45, 2.75) is 42.5 Å². The fourth-order valence-corrected chi connectivity index (χ4v) is 4.34. The molecule has 1 aromatic heterocycles. The molecule has 6 nitrogen and oxygen atoms in total. The molecule has 2 aromatic rings. The molecule has 1 amide bonds. The number of esters is 1. The molecule has 1 aliphatic rings. The maximum absolute atomic E-state index is 12.8. The quantitative estimate of drug-likeness (QED) is 0.599. The first kappa shape index (κ1) is 21.6. The molecule has 8 heteroatoms. The number of aromatic nitrogens is 2. The Morgan fingerprint density at radius 1 is 1.24 bits per heavy atom.